The maximum atomic E-state index is 3.77. The zero-order valence-electron chi connectivity index (χ0n) is 36.6. The first kappa shape index (κ1) is 60.5. The second-order valence-electron chi connectivity index (χ2n) is 10.7. The van der Waals surface area contributed by atoms with E-state index in [1.807, 2.05) is 76.2 Å². The minimum Gasteiger partial charge on any atom is -0.0959 e. The van der Waals surface area contributed by atoms with Crippen molar-refractivity contribution in [3.63, 3.8) is 0 Å². The average molecular weight is 659 g/mol. The minimum absolute atomic E-state index is 0.848. The molecule has 2 saturated carbocycles. The Labute approximate surface area is 303 Å². The molecule has 0 nitrogen and oxygen atoms in total. The first-order valence-electron chi connectivity index (χ1n) is 20.4. The van der Waals surface area contributed by atoms with Crippen LogP contribution in [0.4, 0.5) is 0 Å². The zero-order valence-corrected chi connectivity index (χ0v) is 36.6. The van der Waals surface area contributed by atoms with Crippen LogP contribution in [0.15, 0.2) is 66.3 Å². The molecule has 0 radical (unpaired) electrons. The van der Waals surface area contributed by atoms with E-state index in [0.29, 0.717) is 0 Å². The van der Waals surface area contributed by atoms with E-state index in [1.54, 1.807) is 5.57 Å². The Kier molecular flexibility index (Phi) is 72.7. The third-order valence-corrected chi connectivity index (χ3v) is 6.66. The maximum Gasteiger partial charge on any atom is -0.0169 e. The summed E-state index contributed by atoms with van der Waals surface area (Å²) in [5, 5.41) is 0. The zero-order chi connectivity index (χ0) is 38.5. The fourth-order valence-electron chi connectivity index (χ4n) is 3.00. The van der Waals surface area contributed by atoms with E-state index in [0.717, 1.165) is 23.5 Å². The highest BCUT2D eigenvalue weighted by molar-refractivity contribution is 5.67. The van der Waals surface area contributed by atoms with Gasteiger partial charge in [-0.15, -0.1) is 0 Å². The molecule has 0 saturated heterocycles. The van der Waals surface area contributed by atoms with Crippen LogP contribution in [-0.2, 0) is 0 Å². The molecule has 282 valence electrons. The van der Waals surface area contributed by atoms with Gasteiger partial charge in [0.1, 0.15) is 0 Å². The molecule has 47 heavy (non-hydrogen) atoms. The van der Waals surface area contributed by atoms with Gasteiger partial charge < -0.3 is 0 Å². The van der Waals surface area contributed by atoms with Gasteiger partial charge in [-0.2, -0.15) is 0 Å². The molecular formula is C47H94. The van der Waals surface area contributed by atoms with Crippen LogP contribution in [0.1, 0.15) is 219 Å². The molecule has 0 heterocycles. The van der Waals surface area contributed by atoms with Crippen molar-refractivity contribution in [2.45, 2.75) is 215 Å². The molecule has 0 aromatic heterocycles. The molecule has 0 bridgehead atoms. The fraction of sp³-hybridized carbons (Fsp3) is 0.702. The second-order valence-corrected chi connectivity index (χ2v) is 10.7. The number of allylic oxidation sites excluding steroid dienone is 6. The molecule has 0 heteroatoms. The van der Waals surface area contributed by atoms with Gasteiger partial charge in [0.2, 0.25) is 0 Å². The highest BCUT2D eigenvalue weighted by Crippen LogP contribution is 2.34. The summed E-state index contributed by atoms with van der Waals surface area (Å²) in [7, 11) is 0. The van der Waals surface area contributed by atoms with Crippen LogP contribution < -0.4 is 0 Å². The molecule has 3 aliphatic carbocycles. The highest BCUT2D eigenvalue weighted by atomic mass is 14.2. The van der Waals surface area contributed by atoms with Crippen molar-refractivity contribution >= 4 is 5.57 Å². The van der Waals surface area contributed by atoms with E-state index in [9.17, 15) is 0 Å². The first-order chi connectivity index (χ1) is 22.7. The van der Waals surface area contributed by atoms with Crippen molar-refractivity contribution in [3.8, 4) is 0 Å². The lowest BCUT2D eigenvalue weighted by Crippen LogP contribution is -1.97. The van der Waals surface area contributed by atoms with Crippen LogP contribution in [0.25, 0.3) is 5.57 Å². The Morgan fingerprint density at radius 1 is 0.574 bits per heavy atom. The summed E-state index contributed by atoms with van der Waals surface area (Å²) in [6.45, 7) is 47.0. The molecule has 0 atom stereocenters. The van der Waals surface area contributed by atoms with E-state index in [1.165, 1.54) is 93.7 Å². The molecule has 1 aromatic rings. The topological polar surface area (TPSA) is 0 Å². The van der Waals surface area contributed by atoms with E-state index in [4.69, 9.17) is 0 Å². The third-order valence-electron chi connectivity index (χ3n) is 6.66. The molecule has 0 amide bonds. The van der Waals surface area contributed by atoms with Gasteiger partial charge in [0.15, 0.2) is 0 Å². The van der Waals surface area contributed by atoms with Gasteiger partial charge in [-0.05, 0) is 70.4 Å². The van der Waals surface area contributed by atoms with Crippen LogP contribution >= 0.6 is 0 Å². The Morgan fingerprint density at radius 3 is 1.09 bits per heavy atom. The lowest BCUT2D eigenvalue weighted by atomic mass is 9.91. The van der Waals surface area contributed by atoms with Crippen LogP contribution in [0.2, 0.25) is 0 Å². The van der Waals surface area contributed by atoms with E-state index < -0.39 is 0 Å². The Bertz CT molecular complexity index is 718. The van der Waals surface area contributed by atoms with Gasteiger partial charge in [-0.1, -0.05) is 234 Å². The summed E-state index contributed by atoms with van der Waals surface area (Å²) in [5.41, 5.74) is 8.10. The van der Waals surface area contributed by atoms with Crippen molar-refractivity contribution in [3.05, 3.63) is 77.4 Å². The smallest absolute Gasteiger partial charge is 0.0169 e. The lowest BCUT2D eigenvalue weighted by Gasteiger charge is -2.14. The van der Waals surface area contributed by atoms with Gasteiger partial charge in [-0.25, -0.2) is 0 Å². The van der Waals surface area contributed by atoms with Gasteiger partial charge in [-0.3, -0.25) is 0 Å². The van der Waals surface area contributed by atoms with Crippen molar-refractivity contribution < 1.29 is 0 Å². The molecule has 0 aliphatic heterocycles. The molecule has 3 aliphatic rings. The molecule has 2 fully saturated rings. The normalized spacial score (nSPS) is 12.2. The third kappa shape index (κ3) is 56.9. The van der Waals surface area contributed by atoms with Crippen LogP contribution in [-0.4, -0.2) is 0 Å². The monoisotopic (exact) mass is 659 g/mol. The molecular weight excluding hydrogens is 565 g/mol. The van der Waals surface area contributed by atoms with Crippen LogP contribution in [0, 0.1) is 12.8 Å². The SMILES string of the molecule is C/C(=C(\C)C1CCCC1)c1ccc(C)cc1.C1=CC1.C1CC1.C=C(C)C(=C)CC.CC.CC.CC.CC.CC.CCCC.CCCC. The lowest BCUT2D eigenvalue weighted by molar-refractivity contribution is 0.644. The largest absolute Gasteiger partial charge is 0.0959 e. The summed E-state index contributed by atoms with van der Waals surface area (Å²) in [6.07, 6.45) is 21.9. The summed E-state index contributed by atoms with van der Waals surface area (Å²) in [5.74, 6) is 0.848. The van der Waals surface area contributed by atoms with E-state index in [2.05, 4.69) is 105 Å². The maximum absolute atomic E-state index is 3.77. The van der Waals surface area contributed by atoms with Gasteiger partial charge in [0.05, 0.1) is 0 Å². The van der Waals surface area contributed by atoms with Crippen molar-refractivity contribution in [1.82, 2.24) is 0 Å². The minimum atomic E-state index is 0.848. The van der Waals surface area contributed by atoms with Crippen molar-refractivity contribution in [2.75, 3.05) is 0 Å². The van der Waals surface area contributed by atoms with E-state index >= 15 is 0 Å². The Hall–Kier alpha value is -1.82. The van der Waals surface area contributed by atoms with Crippen molar-refractivity contribution in [1.29, 1.82) is 0 Å². The predicted octanol–water partition coefficient (Wildman–Crippen LogP) is 18.4. The van der Waals surface area contributed by atoms with Gasteiger partial charge >= 0.3 is 0 Å². The molecule has 4 rings (SSSR count). The Balaban J connectivity index is -0.0000000868. The standard InChI is InChI=1S/C16H22.C7H12.2C4H10.C3H6.C3H4.5C2H6/c1-12-8-10-16(11-9-12)14(3)13(2)15-6-4-5-7-15;1-5-7(4)6(2)3;2*1-3-4-2;2*1-2-3-1;5*1-2/h8-11,15H,4-7H2,1-3H3;2,4-5H2,1,3H3;2*3-4H2,1-2H3;1-3H2;1-2H,3H2;5*1-2H3/b14-13-;;;;;;;;;;. The van der Waals surface area contributed by atoms with Gasteiger partial charge in [0, 0.05) is 0 Å². The highest BCUT2D eigenvalue weighted by Gasteiger charge is 2.18. The Morgan fingerprint density at radius 2 is 0.894 bits per heavy atom. The fourth-order valence-corrected chi connectivity index (χ4v) is 3.00. The molecule has 0 unspecified atom stereocenters. The predicted molar refractivity (Wildman–Crippen MR) is 231 cm³/mol. The number of aryl methyl sites for hydroxylation is 1. The molecule has 0 N–H and O–H groups in total. The molecule has 1 aromatic carbocycles. The number of rotatable bonds is 6. The van der Waals surface area contributed by atoms with Gasteiger partial charge in [0.25, 0.3) is 0 Å². The average Bonchev–Trinajstić information content (AvgIpc) is 4.11. The van der Waals surface area contributed by atoms with Crippen LogP contribution in [0.5, 0.6) is 0 Å². The number of hydrogen-bond donors (Lipinski definition) is 0. The molecule has 0 spiro atoms. The quantitative estimate of drug-likeness (QED) is 0.211. The number of benzene rings is 1. The number of unbranched alkanes of at least 4 members (excludes halogenated alkanes) is 2. The summed E-state index contributed by atoms with van der Waals surface area (Å²) in [6, 6.07) is 8.92. The van der Waals surface area contributed by atoms with Crippen molar-refractivity contribution in [2.24, 2.45) is 5.92 Å². The summed E-state index contributed by atoms with van der Waals surface area (Å²) >= 11 is 0. The van der Waals surface area contributed by atoms with Crippen LogP contribution in [0.3, 0.4) is 0 Å². The number of hydrogen-bond acceptors (Lipinski definition) is 0. The second kappa shape index (κ2) is 56.5. The summed E-state index contributed by atoms with van der Waals surface area (Å²) < 4.78 is 0. The summed E-state index contributed by atoms with van der Waals surface area (Å²) in [4.78, 5) is 0. The first-order valence-corrected chi connectivity index (χ1v) is 20.4. The van der Waals surface area contributed by atoms with E-state index in [-0.39, 0.29) is 0 Å².